The van der Waals surface area contributed by atoms with Crippen LogP contribution in [0.25, 0.3) is 0 Å². The molecule has 1 unspecified atom stereocenters. The second kappa shape index (κ2) is 9.09. The van der Waals surface area contributed by atoms with Crippen LogP contribution in [0.5, 0.6) is 0 Å². The number of halogens is 1. The second-order valence-electron chi connectivity index (χ2n) is 7.63. The molecule has 154 valence electrons. The molecule has 2 aromatic heterocycles. The molecule has 0 spiro atoms. The molecule has 1 atom stereocenters. The highest BCUT2D eigenvalue weighted by molar-refractivity contribution is 6.30. The number of rotatable bonds is 6. The molecule has 0 bridgehead atoms. The summed E-state index contributed by atoms with van der Waals surface area (Å²) in [5.74, 6) is 1.83. The predicted molar refractivity (Wildman–Crippen MR) is 113 cm³/mol. The van der Waals surface area contributed by atoms with Crippen LogP contribution < -0.4 is 10.6 Å². The number of guanidine groups is 1. The Labute approximate surface area is 175 Å². The standard InChI is InChI=1S/C20H26ClN7O/c1-20(2,3)18-26-17(27-29-18)13-24-19(22-4)23-12-16(28-11-5-10-25-28)14-6-8-15(21)9-7-14/h5-11,16H,12-13H2,1-4H3,(H2,22,23,24). The van der Waals surface area contributed by atoms with Crippen LogP contribution >= 0.6 is 11.6 Å². The fraction of sp³-hybridized carbons (Fsp3) is 0.400. The quantitative estimate of drug-likeness (QED) is 0.474. The Morgan fingerprint density at radius 3 is 2.59 bits per heavy atom. The van der Waals surface area contributed by atoms with Gasteiger partial charge in [0.25, 0.3) is 0 Å². The van der Waals surface area contributed by atoms with Gasteiger partial charge in [-0.05, 0) is 23.8 Å². The van der Waals surface area contributed by atoms with Crippen molar-refractivity contribution in [1.29, 1.82) is 0 Å². The van der Waals surface area contributed by atoms with Crippen LogP contribution in [-0.2, 0) is 12.0 Å². The van der Waals surface area contributed by atoms with Gasteiger partial charge in [-0.2, -0.15) is 10.1 Å². The van der Waals surface area contributed by atoms with Crippen LogP contribution in [0.15, 0.2) is 52.2 Å². The molecule has 2 N–H and O–H groups in total. The van der Waals surface area contributed by atoms with Crippen molar-refractivity contribution in [3.05, 3.63) is 65.0 Å². The fourth-order valence-electron chi connectivity index (χ4n) is 2.72. The first-order valence-electron chi connectivity index (χ1n) is 9.39. The Balaban J connectivity index is 1.63. The van der Waals surface area contributed by atoms with Gasteiger partial charge < -0.3 is 15.2 Å². The van der Waals surface area contributed by atoms with Gasteiger partial charge in [0.1, 0.15) is 0 Å². The Morgan fingerprint density at radius 1 is 1.24 bits per heavy atom. The van der Waals surface area contributed by atoms with Crippen molar-refractivity contribution < 1.29 is 4.52 Å². The molecular weight excluding hydrogens is 390 g/mol. The van der Waals surface area contributed by atoms with Gasteiger partial charge in [0, 0.05) is 36.4 Å². The van der Waals surface area contributed by atoms with Crippen LogP contribution in [0.1, 0.15) is 44.1 Å². The van der Waals surface area contributed by atoms with Crippen molar-refractivity contribution in [2.45, 2.75) is 38.8 Å². The van der Waals surface area contributed by atoms with E-state index in [9.17, 15) is 0 Å². The van der Waals surface area contributed by atoms with Crippen molar-refractivity contribution in [3.63, 3.8) is 0 Å². The van der Waals surface area contributed by atoms with Crippen molar-refractivity contribution >= 4 is 17.6 Å². The van der Waals surface area contributed by atoms with Gasteiger partial charge in [0.2, 0.25) is 5.89 Å². The Bertz CT molecular complexity index is 927. The molecule has 29 heavy (non-hydrogen) atoms. The zero-order chi connectivity index (χ0) is 20.9. The minimum Gasteiger partial charge on any atom is -0.354 e. The SMILES string of the molecule is CN=C(NCc1noc(C(C)(C)C)n1)NCC(c1ccc(Cl)cc1)n1cccn1. The first-order valence-corrected chi connectivity index (χ1v) is 9.77. The number of hydrogen-bond acceptors (Lipinski definition) is 5. The van der Waals surface area contributed by atoms with Crippen LogP contribution in [0.3, 0.4) is 0 Å². The van der Waals surface area contributed by atoms with E-state index in [0.29, 0.717) is 35.8 Å². The third kappa shape index (κ3) is 5.57. The highest BCUT2D eigenvalue weighted by Gasteiger charge is 2.21. The lowest BCUT2D eigenvalue weighted by molar-refractivity contribution is 0.318. The number of aliphatic imine (C=N–C) groups is 1. The molecule has 0 aliphatic rings. The Hall–Kier alpha value is -2.87. The molecule has 8 nitrogen and oxygen atoms in total. The summed E-state index contributed by atoms with van der Waals surface area (Å²) in [4.78, 5) is 8.71. The lowest BCUT2D eigenvalue weighted by Gasteiger charge is -2.20. The smallest absolute Gasteiger partial charge is 0.232 e. The monoisotopic (exact) mass is 415 g/mol. The minimum absolute atomic E-state index is 0.0153. The molecule has 3 aromatic rings. The average Bonchev–Trinajstić information content (AvgIpc) is 3.37. The van der Waals surface area contributed by atoms with Gasteiger partial charge in [0.05, 0.1) is 12.6 Å². The van der Waals surface area contributed by atoms with E-state index in [1.165, 1.54) is 0 Å². The summed E-state index contributed by atoms with van der Waals surface area (Å²) >= 11 is 6.03. The summed E-state index contributed by atoms with van der Waals surface area (Å²) in [6.45, 7) is 7.09. The third-order valence-corrected chi connectivity index (χ3v) is 4.56. The van der Waals surface area contributed by atoms with E-state index in [4.69, 9.17) is 16.1 Å². The zero-order valence-electron chi connectivity index (χ0n) is 17.1. The first-order chi connectivity index (χ1) is 13.9. The third-order valence-electron chi connectivity index (χ3n) is 4.31. The van der Waals surface area contributed by atoms with E-state index >= 15 is 0 Å². The van der Waals surface area contributed by atoms with E-state index < -0.39 is 0 Å². The molecule has 0 fully saturated rings. The molecule has 9 heteroatoms. The molecule has 1 aromatic carbocycles. The molecule has 3 rings (SSSR count). The van der Waals surface area contributed by atoms with Crippen molar-refractivity contribution in [1.82, 2.24) is 30.6 Å². The van der Waals surface area contributed by atoms with E-state index in [1.807, 2.05) is 62.0 Å². The van der Waals surface area contributed by atoms with Crippen LogP contribution in [-0.4, -0.2) is 39.5 Å². The van der Waals surface area contributed by atoms with Crippen LogP contribution in [0.2, 0.25) is 5.02 Å². The van der Waals surface area contributed by atoms with Crippen LogP contribution in [0.4, 0.5) is 0 Å². The molecule has 0 aliphatic heterocycles. The highest BCUT2D eigenvalue weighted by Crippen LogP contribution is 2.20. The number of nitrogens with one attached hydrogen (secondary N) is 2. The largest absolute Gasteiger partial charge is 0.354 e. The van der Waals surface area contributed by atoms with E-state index in [2.05, 4.69) is 30.9 Å². The normalized spacial score (nSPS) is 13.3. The number of hydrogen-bond donors (Lipinski definition) is 2. The summed E-state index contributed by atoms with van der Waals surface area (Å²) in [6.07, 6.45) is 3.70. The molecule has 0 radical (unpaired) electrons. The molecule has 0 saturated heterocycles. The lowest BCUT2D eigenvalue weighted by Crippen LogP contribution is -2.40. The molecule has 2 heterocycles. The summed E-state index contributed by atoms with van der Waals surface area (Å²) in [5, 5.41) is 15.7. The van der Waals surface area contributed by atoms with E-state index in [-0.39, 0.29) is 11.5 Å². The maximum atomic E-state index is 6.03. The first kappa shape index (κ1) is 20.9. The predicted octanol–water partition coefficient (Wildman–Crippen LogP) is 3.17. The average molecular weight is 416 g/mol. The Kier molecular flexibility index (Phi) is 6.53. The second-order valence-corrected chi connectivity index (χ2v) is 8.06. The highest BCUT2D eigenvalue weighted by atomic mass is 35.5. The van der Waals surface area contributed by atoms with E-state index in [1.54, 1.807) is 13.2 Å². The lowest BCUT2D eigenvalue weighted by atomic mass is 9.97. The maximum absolute atomic E-state index is 6.03. The van der Waals surface area contributed by atoms with Crippen molar-refractivity contribution in [2.24, 2.45) is 4.99 Å². The molecule has 0 amide bonds. The fourth-order valence-corrected chi connectivity index (χ4v) is 2.85. The van der Waals surface area contributed by atoms with E-state index in [0.717, 1.165) is 5.56 Å². The van der Waals surface area contributed by atoms with Gasteiger partial charge in [-0.1, -0.05) is 49.7 Å². The van der Waals surface area contributed by atoms with Gasteiger partial charge in [-0.15, -0.1) is 0 Å². The number of aromatic nitrogens is 4. The van der Waals surface area contributed by atoms with Crippen molar-refractivity contribution in [2.75, 3.05) is 13.6 Å². The van der Waals surface area contributed by atoms with Gasteiger partial charge >= 0.3 is 0 Å². The molecular formula is C20H26ClN7O. The molecule has 0 aliphatic carbocycles. The topological polar surface area (TPSA) is 93.2 Å². The molecule has 0 saturated carbocycles. The summed E-state index contributed by atoms with van der Waals surface area (Å²) in [5.41, 5.74) is 0.912. The number of benzene rings is 1. The maximum Gasteiger partial charge on any atom is 0.232 e. The minimum atomic E-state index is -0.180. The Morgan fingerprint density at radius 2 is 2.00 bits per heavy atom. The van der Waals surface area contributed by atoms with Gasteiger partial charge in [0.15, 0.2) is 11.8 Å². The number of nitrogens with zero attached hydrogens (tertiary/aromatic N) is 5. The van der Waals surface area contributed by atoms with Crippen molar-refractivity contribution in [3.8, 4) is 0 Å². The van der Waals surface area contributed by atoms with Crippen LogP contribution in [0, 0.1) is 0 Å². The summed E-state index contributed by atoms with van der Waals surface area (Å²) in [6, 6.07) is 9.64. The summed E-state index contributed by atoms with van der Waals surface area (Å²) < 4.78 is 7.23. The van der Waals surface area contributed by atoms with Gasteiger partial charge in [-0.25, -0.2) is 0 Å². The van der Waals surface area contributed by atoms with Gasteiger partial charge in [-0.3, -0.25) is 9.67 Å². The zero-order valence-corrected chi connectivity index (χ0v) is 17.8. The summed E-state index contributed by atoms with van der Waals surface area (Å²) in [7, 11) is 1.72.